The van der Waals surface area contributed by atoms with Gasteiger partial charge in [-0.15, -0.1) is 0 Å². The molecule has 6 heteroatoms. The van der Waals surface area contributed by atoms with Crippen molar-refractivity contribution >= 4 is 11.6 Å². The Kier molecular flexibility index (Phi) is 5.11. The molecule has 0 radical (unpaired) electrons. The van der Waals surface area contributed by atoms with Crippen LogP contribution in [0.2, 0.25) is 0 Å². The molecular formula is C14H22F2N4. The molecule has 20 heavy (non-hydrogen) atoms. The molecule has 1 aromatic rings. The monoisotopic (exact) mass is 284 g/mol. The minimum atomic E-state index is -0.653. The molecule has 0 spiro atoms. The number of pyridine rings is 1. The van der Waals surface area contributed by atoms with Gasteiger partial charge in [0.2, 0.25) is 0 Å². The fourth-order valence-electron chi connectivity index (χ4n) is 2.41. The van der Waals surface area contributed by atoms with Gasteiger partial charge in [0.05, 0.1) is 0 Å². The van der Waals surface area contributed by atoms with E-state index in [1.165, 1.54) is 0 Å². The summed E-state index contributed by atoms with van der Waals surface area (Å²) in [4.78, 5) is 6.25. The van der Waals surface area contributed by atoms with Crippen LogP contribution in [0.3, 0.4) is 0 Å². The zero-order chi connectivity index (χ0) is 14.5. The van der Waals surface area contributed by atoms with E-state index >= 15 is 0 Å². The van der Waals surface area contributed by atoms with Crippen molar-refractivity contribution in [3.05, 3.63) is 17.7 Å². The summed E-state index contributed by atoms with van der Waals surface area (Å²) in [6, 6.07) is 1.26. The van der Waals surface area contributed by atoms with Gasteiger partial charge in [-0.05, 0) is 32.9 Å². The number of rotatable bonds is 6. The van der Waals surface area contributed by atoms with E-state index in [1.54, 1.807) is 0 Å². The Hall–Kier alpha value is -1.43. The van der Waals surface area contributed by atoms with Gasteiger partial charge in [0.1, 0.15) is 0 Å². The molecule has 1 atom stereocenters. The first kappa shape index (κ1) is 15.0. The van der Waals surface area contributed by atoms with Crippen molar-refractivity contribution in [1.82, 2.24) is 9.88 Å². The van der Waals surface area contributed by atoms with E-state index < -0.39 is 11.6 Å². The second-order valence-electron chi connectivity index (χ2n) is 5.23. The van der Waals surface area contributed by atoms with Gasteiger partial charge in [0, 0.05) is 25.2 Å². The molecule has 112 valence electrons. The average molecular weight is 284 g/mol. The summed E-state index contributed by atoms with van der Waals surface area (Å²) in [7, 11) is 2.06. The van der Waals surface area contributed by atoms with Crippen LogP contribution >= 0.6 is 0 Å². The van der Waals surface area contributed by atoms with Crippen molar-refractivity contribution < 1.29 is 8.78 Å². The number of anilines is 2. The number of nitrogens with one attached hydrogen (secondary N) is 2. The zero-order valence-electron chi connectivity index (χ0n) is 12.0. The standard InChI is InChI=1S/C14H22F2N4/c1-3-6-17-13-11(15)8-12(16)14(19-13)18-9-10-5-4-7-20(10)2/h8,10H,3-7,9H2,1-2H3,(H2,17,18,19). The minimum absolute atomic E-state index is 0.107. The molecule has 4 nitrogen and oxygen atoms in total. The highest BCUT2D eigenvalue weighted by atomic mass is 19.1. The van der Waals surface area contributed by atoms with Gasteiger partial charge in [-0.3, -0.25) is 0 Å². The van der Waals surface area contributed by atoms with Crippen molar-refractivity contribution in [2.45, 2.75) is 32.2 Å². The van der Waals surface area contributed by atoms with Crippen LogP contribution in [0.5, 0.6) is 0 Å². The lowest BCUT2D eigenvalue weighted by molar-refractivity contribution is 0.322. The third-order valence-corrected chi connectivity index (χ3v) is 3.65. The van der Waals surface area contributed by atoms with Gasteiger partial charge in [0.25, 0.3) is 0 Å². The number of likely N-dealkylation sites (N-methyl/N-ethyl adjacent to an activating group) is 1. The van der Waals surface area contributed by atoms with Crippen LogP contribution in [-0.2, 0) is 0 Å². The molecule has 0 saturated carbocycles. The first-order chi connectivity index (χ1) is 9.61. The van der Waals surface area contributed by atoms with E-state index in [9.17, 15) is 8.78 Å². The summed E-state index contributed by atoms with van der Waals surface area (Å²) in [5.74, 6) is -1.08. The summed E-state index contributed by atoms with van der Waals surface area (Å²) in [5.41, 5.74) is 0. The van der Waals surface area contributed by atoms with Crippen LogP contribution in [-0.4, -0.2) is 42.6 Å². The summed E-state index contributed by atoms with van der Waals surface area (Å²) in [6.45, 7) is 4.28. The van der Waals surface area contributed by atoms with Crippen LogP contribution in [0.15, 0.2) is 6.07 Å². The highest BCUT2D eigenvalue weighted by Crippen LogP contribution is 2.20. The third-order valence-electron chi connectivity index (χ3n) is 3.65. The van der Waals surface area contributed by atoms with Gasteiger partial charge >= 0.3 is 0 Å². The molecule has 2 N–H and O–H groups in total. The molecule has 1 aromatic heterocycles. The Labute approximate surface area is 118 Å². The van der Waals surface area contributed by atoms with Crippen LogP contribution in [0.25, 0.3) is 0 Å². The highest BCUT2D eigenvalue weighted by Gasteiger charge is 2.21. The molecule has 1 saturated heterocycles. The number of nitrogens with zero attached hydrogens (tertiary/aromatic N) is 2. The Morgan fingerprint density at radius 3 is 2.60 bits per heavy atom. The largest absolute Gasteiger partial charge is 0.368 e. The summed E-state index contributed by atoms with van der Waals surface area (Å²) >= 11 is 0. The van der Waals surface area contributed by atoms with E-state index in [2.05, 4.69) is 27.6 Å². The minimum Gasteiger partial charge on any atom is -0.368 e. The molecule has 0 aromatic carbocycles. The predicted octanol–water partition coefficient (Wildman–Crippen LogP) is 2.69. The maximum absolute atomic E-state index is 13.7. The molecule has 0 aliphatic carbocycles. The van der Waals surface area contributed by atoms with Crippen molar-refractivity contribution in [1.29, 1.82) is 0 Å². The van der Waals surface area contributed by atoms with Crippen molar-refractivity contribution in [2.75, 3.05) is 37.3 Å². The van der Waals surface area contributed by atoms with Crippen molar-refractivity contribution in [2.24, 2.45) is 0 Å². The van der Waals surface area contributed by atoms with E-state index in [1.807, 2.05) is 6.92 Å². The molecule has 2 rings (SSSR count). The Balaban J connectivity index is 2.02. The number of halogens is 2. The summed E-state index contributed by atoms with van der Waals surface area (Å²) in [6.07, 6.45) is 3.10. The normalized spacial score (nSPS) is 19.3. The first-order valence-corrected chi connectivity index (χ1v) is 7.15. The number of likely N-dealkylation sites (tertiary alicyclic amines) is 1. The lowest BCUT2D eigenvalue weighted by Crippen LogP contribution is -2.32. The Morgan fingerprint density at radius 1 is 1.30 bits per heavy atom. The molecule has 1 aliphatic heterocycles. The molecule has 0 bridgehead atoms. The van der Waals surface area contributed by atoms with Gasteiger partial charge in [-0.1, -0.05) is 6.92 Å². The van der Waals surface area contributed by atoms with E-state index in [-0.39, 0.29) is 11.6 Å². The van der Waals surface area contributed by atoms with Crippen LogP contribution in [0.4, 0.5) is 20.4 Å². The second kappa shape index (κ2) is 6.83. The average Bonchev–Trinajstić information content (AvgIpc) is 2.82. The molecule has 0 amide bonds. The van der Waals surface area contributed by atoms with Crippen LogP contribution in [0, 0.1) is 11.6 Å². The van der Waals surface area contributed by atoms with Gasteiger partial charge in [0.15, 0.2) is 23.3 Å². The molecule has 1 fully saturated rings. The lowest BCUT2D eigenvalue weighted by Gasteiger charge is -2.20. The first-order valence-electron chi connectivity index (χ1n) is 7.15. The molecular weight excluding hydrogens is 262 g/mol. The summed E-state index contributed by atoms with van der Waals surface area (Å²) < 4.78 is 27.3. The van der Waals surface area contributed by atoms with Crippen LogP contribution < -0.4 is 10.6 Å². The predicted molar refractivity (Wildman–Crippen MR) is 77.1 cm³/mol. The SMILES string of the molecule is CCCNc1nc(NCC2CCCN2C)c(F)cc1F. The van der Waals surface area contributed by atoms with E-state index in [0.29, 0.717) is 19.1 Å². The van der Waals surface area contributed by atoms with Crippen LogP contribution in [0.1, 0.15) is 26.2 Å². The zero-order valence-corrected chi connectivity index (χ0v) is 12.0. The van der Waals surface area contributed by atoms with Gasteiger partial charge in [-0.2, -0.15) is 0 Å². The Morgan fingerprint density at radius 2 is 2.00 bits per heavy atom. The van der Waals surface area contributed by atoms with Crippen molar-refractivity contribution in [3.63, 3.8) is 0 Å². The highest BCUT2D eigenvalue weighted by molar-refractivity contribution is 5.47. The number of aromatic nitrogens is 1. The maximum atomic E-state index is 13.7. The number of hydrogen-bond acceptors (Lipinski definition) is 4. The second-order valence-corrected chi connectivity index (χ2v) is 5.23. The summed E-state index contributed by atoms with van der Waals surface area (Å²) in [5, 5.41) is 5.86. The van der Waals surface area contributed by atoms with Crippen molar-refractivity contribution in [3.8, 4) is 0 Å². The fourth-order valence-corrected chi connectivity index (χ4v) is 2.41. The number of hydrogen-bond donors (Lipinski definition) is 2. The van der Waals surface area contributed by atoms with Gasteiger partial charge in [-0.25, -0.2) is 13.8 Å². The molecule has 1 unspecified atom stereocenters. The molecule has 1 aliphatic rings. The lowest BCUT2D eigenvalue weighted by atomic mass is 10.2. The topological polar surface area (TPSA) is 40.2 Å². The van der Waals surface area contributed by atoms with E-state index in [4.69, 9.17) is 0 Å². The fraction of sp³-hybridized carbons (Fsp3) is 0.643. The Bertz CT molecular complexity index is 453. The third kappa shape index (κ3) is 3.56. The van der Waals surface area contributed by atoms with E-state index in [0.717, 1.165) is 31.9 Å². The van der Waals surface area contributed by atoms with Gasteiger partial charge < -0.3 is 15.5 Å². The molecule has 2 heterocycles. The smallest absolute Gasteiger partial charge is 0.168 e. The quantitative estimate of drug-likeness (QED) is 0.842. The maximum Gasteiger partial charge on any atom is 0.168 e.